The Morgan fingerprint density at radius 2 is 1.95 bits per heavy atom. The fraction of sp³-hybridized carbons (Fsp3) is 0.375. The standard InChI is InChI=1S/C16H20BrN3O/c1-4-9-18-16-19-10-14(17)15(20-16)21-13-7-5-12(6-8-13)11(2)3/h5-8,10-11H,4,9H2,1-3H3,(H,18,19,20). The lowest BCUT2D eigenvalue weighted by Gasteiger charge is -2.10. The molecule has 0 saturated carbocycles. The second-order valence-electron chi connectivity index (χ2n) is 5.10. The molecule has 21 heavy (non-hydrogen) atoms. The van der Waals surface area contributed by atoms with Crippen molar-refractivity contribution in [2.24, 2.45) is 0 Å². The molecule has 0 fully saturated rings. The van der Waals surface area contributed by atoms with Gasteiger partial charge in [-0.25, -0.2) is 4.98 Å². The number of hydrogen-bond acceptors (Lipinski definition) is 4. The number of aromatic nitrogens is 2. The highest BCUT2D eigenvalue weighted by Crippen LogP contribution is 2.28. The van der Waals surface area contributed by atoms with Crippen LogP contribution in [-0.2, 0) is 0 Å². The van der Waals surface area contributed by atoms with Gasteiger partial charge in [0.05, 0.1) is 10.7 Å². The van der Waals surface area contributed by atoms with E-state index in [1.807, 2.05) is 12.1 Å². The molecule has 0 spiro atoms. The molecular formula is C16H20BrN3O. The summed E-state index contributed by atoms with van der Waals surface area (Å²) >= 11 is 3.42. The summed E-state index contributed by atoms with van der Waals surface area (Å²) in [5.74, 6) is 2.37. The molecule has 112 valence electrons. The van der Waals surface area contributed by atoms with Crippen LogP contribution in [0, 0.1) is 0 Å². The molecule has 0 unspecified atom stereocenters. The van der Waals surface area contributed by atoms with E-state index in [0.29, 0.717) is 17.7 Å². The minimum absolute atomic E-state index is 0.509. The molecule has 1 aromatic heterocycles. The van der Waals surface area contributed by atoms with Crippen LogP contribution < -0.4 is 10.1 Å². The summed E-state index contributed by atoms with van der Waals surface area (Å²) < 4.78 is 6.56. The third kappa shape index (κ3) is 4.43. The summed E-state index contributed by atoms with van der Waals surface area (Å²) in [6, 6.07) is 8.07. The molecule has 0 aliphatic carbocycles. The zero-order valence-electron chi connectivity index (χ0n) is 12.6. The lowest BCUT2D eigenvalue weighted by Crippen LogP contribution is -2.05. The number of halogens is 1. The lowest BCUT2D eigenvalue weighted by atomic mass is 10.0. The summed E-state index contributed by atoms with van der Waals surface area (Å²) in [5.41, 5.74) is 1.29. The number of nitrogens with zero attached hydrogens (tertiary/aromatic N) is 2. The molecule has 2 rings (SSSR count). The third-order valence-electron chi connectivity index (χ3n) is 3.01. The van der Waals surface area contributed by atoms with Crippen LogP contribution >= 0.6 is 15.9 Å². The van der Waals surface area contributed by atoms with E-state index in [4.69, 9.17) is 4.74 Å². The SMILES string of the molecule is CCCNc1ncc(Br)c(Oc2ccc(C(C)C)cc2)n1. The minimum atomic E-state index is 0.509. The molecule has 4 nitrogen and oxygen atoms in total. The van der Waals surface area contributed by atoms with E-state index in [1.165, 1.54) is 5.56 Å². The van der Waals surface area contributed by atoms with Crippen molar-refractivity contribution in [2.75, 3.05) is 11.9 Å². The zero-order chi connectivity index (χ0) is 15.2. The Morgan fingerprint density at radius 3 is 2.57 bits per heavy atom. The van der Waals surface area contributed by atoms with Crippen molar-refractivity contribution in [3.63, 3.8) is 0 Å². The van der Waals surface area contributed by atoms with E-state index >= 15 is 0 Å². The first-order valence-corrected chi connectivity index (χ1v) is 7.93. The van der Waals surface area contributed by atoms with Crippen LogP contribution in [0.2, 0.25) is 0 Å². The van der Waals surface area contributed by atoms with Crippen LogP contribution in [0.25, 0.3) is 0 Å². The Labute approximate surface area is 134 Å². The number of ether oxygens (including phenoxy) is 1. The number of nitrogens with one attached hydrogen (secondary N) is 1. The number of hydrogen-bond donors (Lipinski definition) is 1. The number of rotatable bonds is 6. The van der Waals surface area contributed by atoms with Crippen LogP contribution in [0.4, 0.5) is 5.95 Å². The van der Waals surface area contributed by atoms with Crippen LogP contribution in [-0.4, -0.2) is 16.5 Å². The molecule has 1 N–H and O–H groups in total. The average molecular weight is 350 g/mol. The van der Waals surface area contributed by atoms with E-state index in [-0.39, 0.29) is 0 Å². The van der Waals surface area contributed by atoms with Crippen molar-refractivity contribution in [1.29, 1.82) is 0 Å². The number of benzene rings is 1. The third-order valence-corrected chi connectivity index (χ3v) is 3.55. The van der Waals surface area contributed by atoms with Gasteiger partial charge in [-0.1, -0.05) is 32.9 Å². The Kier molecular flexibility index (Phi) is 5.56. The average Bonchev–Trinajstić information content (AvgIpc) is 2.48. The van der Waals surface area contributed by atoms with E-state index in [9.17, 15) is 0 Å². The van der Waals surface area contributed by atoms with Gasteiger partial charge in [0.2, 0.25) is 11.8 Å². The van der Waals surface area contributed by atoms with Gasteiger partial charge in [0.15, 0.2) is 0 Å². The molecule has 5 heteroatoms. The van der Waals surface area contributed by atoms with Gasteiger partial charge in [-0.2, -0.15) is 4.98 Å². The Bertz CT molecular complexity index is 585. The summed E-state index contributed by atoms with van der Waals surface area (Å²) in [7, 11) is 0. The van der Waals surface area contributed by atoms with Crippen molar-refractivity contribution in [3.05, 3.63) is 40.5 Å². The topological polar surface area (TPSA) is 47.0 Å². The van der Waals surface area contributed by atoms with E-state index in [0.717, 1.165) is 23.2 Å². The van der Waals surface area contributed by atoms with Gasteiger partial charge < -0.3 is 10.1 Å². The Balaban J connectivity index is 2.14. The molecule has 0 aliphatic rings. The summed E-state index contributed by atoms with van der Waals surface area (Å²) in [5, 5.41) is 3.15. The van der Waals surface area contributed by atoms with Crippen molar-refractivity contribution >= 4 is 21.9 Å². The number of anilines is 1. The quantitative estimate of drug-likeness (QED) is 0.798. The fourth-order valence-corrected chi connectivity index (χ4v) is 2.05. The molecule has 0 amide bonds. The van der Waals surface area contributed by atoms with Gasteiger partial charge in [-0.15, -0.1) is 0 Å². The predicted octanol–water partition coefficient (Wildman–Crippen LogP) is 4.98. The summed E-state index contributed by atoms with van der Waals surface area (Å²) in [4.78, 5) is 8.58. The van der Waals surface area contributed by atoms with E-state index < -0.39 is 0 Å². The highest BCUT2D eigenvalue weighted by Gasteiger charge is 2.08. The first-order chi connectivity index (χ1) is 10.1. The van der Waals surface area contributed by atoms with E-state index in [1.54, 1.807) is 6.20 Å². The molecule has 1 heterocycles. The van der Waals surface area contributed by atoms with Gasteiger partial charge in [-0.3, -0.25) is 0 Å². The molecule has 1 aromatic carbocycles. The maximum absolute atomic E-state index is 5.83. The van der Waals surface area contributed by atoms with Crippen molar-refractivity contribution in [3.8, 4) is 11.6 Å². The maximum atomic E-state index is 5.83. The monoisotopic (exact) mass is 349 g/mol. The molecule has 0 aliphatic heterocycles. The Hall–Kier alpha value is -1.62. The molecule has 2 aromatic rings. The minimum Gasteiger partial charge on any atom is -0.438 e. The van der Waals surface area contributed by atoms with Crippen molar-refractivity contribution in [2.45, 2.75) is 33.1 Å². The van der Waals surface area contributed by atoms with Crippen LogP contribution in [0.1, 0.15) is 38.7 Å². The molecule has 0 atom stereocenters. The van der Waals surface area contributed by atoms with Gasteiger partial charge in [0.1, 0.15) is 5.75 Å². The maximum Gasteiger partial charge on any atom is 0.238 e. The second-order valence-corrected chi connectivity index (χ2v) is 5.95. The predicted molar refractivity (Wildman–Crippen MR) is 89.1 cm³/mol. The first-order valence-electron chi connectivity index (χ1n) is 7.14. The molecule has 0 radical (unpaired) electrons. The lowest BCUT2D eigenvalue weighted by molar-refractivity contribution is 0.458. The largest absolute Gasteiger partial charge is 0.438 e. The van der Waals surface area contributed by atoms with Crippen molar-refractivity contribution < 1.29 is 4.74 Å². The summed E-state index contributed by atoms with van der Waals surface area (Å²) in [6.07, 6.45) is 2.72. The second kappa shape index (κ2) is 7.41. The van der Waals surface area contributed by atoms with Crippen LogP contribution in [0.3, 0.4) is 0 Å². The zero-order valence-corrected chi connectivity index (χ0v) is 14.1. The van der Waals surface area contributed by atoms with Gasteiger partial charge in [0, 0.05) is 6.54 Å². The highest BCUT2D eigenvalue weighted by molar-refractivity contribution is 9.10. The normalized spacial score (nSPS) is 10.7. The molecule has 0 bridgehead atoms. The smallest absolute Gasteiger partial charge is 0.238 e. The summed E-state index contributed by atoms with van der Waals surface area (Å²) in [6.45, 7) is 7.27. The highest BCUT2D eigenvalue weighted by atomic mass is 79.9. The van der Waals surface area contributed by atoms with Crippen LogP contribution in [0.5, 0.6) is 11.6 Å². The van der Waals surface area contributed by atoms with Gasteiger partial charge in [-0.05, 0) is 46.0 Å². The van der Waals surface area contributed by atoms with Crippen molar-refractivity contribution in [1.82, 2.24) is 9.97 Å². The fourth-order valence-electron chi connectivity index (χ4n) is 1.78. The van der Waals surface area contributed by atoms with Gasteiger partial charge >= 0.3 is 0 Å². The van der Waals surface area contributed by atoms with Crippen LogP contribution in [0.15, 0.2) is 34.9 Å². The van der Waals surface area contributed by atoms with Gasteiger partial charge in [0.25, 0.3) is 0 Å². The molecular weight excluding hydrogens is 330 g/mol. The Morgan fingerprint density at radius 1 is 1.24 bits per heavy atom. The molecule has 0 saturated heterocycles. The first kappa shape index (κ1) is 15.8. The van der Waals surface area contributed by atoms with E-state index in [2.05, 4.69) is 64.1 Å².